The van der Waals surface area contributed by atoms with Crippen LogP contribution in [0.4, 0.5) is 0 Å². The van der Waals surface area contributed by atoms with Crippen molar-refractivity contribution in [2.24, 2.45) is 10.2 Å². The summed E-state index contributed by atoms with van der Waals surface area (Å²) in [5, 5.41) is 99.9. The highest BCUT2D eigenvalue weighted by Gasteiger charge is 2.30. The largest absolute Gasteiger partial charge is 0.394 e. The number of amides is 2. The van der Waals surface area contributed by atoms with Gasteiger partial charge in [-0.1, -0.05) is 0 Å². The van der Waals surface area contributed by atoms with Crippen LogP contribution >= 0.6 is 11.8 Å². The van der Waals surface area contributed by atoms with Gasteiger partial charge >= 0.3 is 0 Å². The van der Waals surface area contributed by atoms with E-state index in [9.17, 15) is 50.4 Å². The molecule has 0 bridgehead atoms. The number of thioether (sulfide) groups is 1. The van der Waals surface area contributed by atoms with Gasteiger partial charge in [0, 0.05) is 24.3 Å². The van der Waals surface area contributed by atoms with Crippen LogP contribution in [0.2, 0.25) is 0 Å². The molecule has 8 atom stereocenters. The molecular weight excluding hydrogens is 496 g/mol. The molecule has 2 amide bonds. The quantitative estimate of drug-likeness (QED) is 0.0446. The molecule has 0 unspecified atom stereocenters. The van der Waals surface area contributed by atoms with E-state index in [0.29, 0.717) is 11.5 Å². The molecule has 0 radical (unpaired) electrons. The Morgan fingerprint density at radius 3 is 1.31 bits per heavy atom. The summed E-state index contributed by atoms with van der Waals surface area (Å²) in [4.78, 5) is 23.3. The molecule has 0 aromatic rings. The first-order valence-electron chi connectivity index (χ1n) is 10.3. The van der Waals surface area contributed by atoms with E-state index >= 15 is 0 Å². The molecule has 0 fully saturated rings. The van der Waals surface area contributed by atoms with Crippen LogP contribution < -0.4 is 10.9 Å². The number of nitrogens with one attached hydrogen (secondary N) is 2. The molecule has 0 aromatic carbocycles. The van der Waals surface area contributed by atoms with Crippen LogP contribution in [0, 0.1) is 0 Å². The summed E-state index contributed by atoms with van der Waals surface area (Å²) >= 11 is 1.25. The molecule has 0 aliphatic carbocycles. The number of hydrogen-bond donors (Lipinski definition) is 12. The molecule has 16 nitrogen and oxygen atoms in total. The maximum atomic E-state index is 11.7. The van der Waals surface area contributed by atoms with Crippen molar-refractivity contribution in [2.45, 2.75) is 61.7 Å². The number of aliphatic hydroxyl groups excluding tert-OH is 10. The van der Waals surface area contributed by atoms with Crippen molar-refractivity contribution in [3.63, 3.8) is 0 Å². The number of carbonyl (C=O) groups excluding carboxylic acids is 2. The lowest BCUT2D eigenvalue weighted by Gasteiger charge is -2.23. The molecule has 0 aliphatic rings. The monoisotopic (exact) mass is 530 g/mol. The molecule has 0 heterocycles. The molecule has 204 valence electrons. The summed E-state index contributed by atoms with van der Waals surface area (Å²) in [6, 6.07) is 0. The zero-order valence-electron chi connectivity index (χ0n) is 18.6. The second-order valence-corrected chi connectivity index (χ2v) is 8.41. The Morgan fingerprint density at radius 2 is 1.00 bits per heavy atom. The van der Waals surface area contributed by atoms with Crippen molar-refractivity contribution in [2.75, 3.05) is 24.7 Å². The van der Waals surface area contributed by atoms with Gasteiger partial charge in [0.25, 0.3) is 0 Å². The van der Waals surface area contributed by atoms with Crippen molar-refractivity contribution in [1.82, 2.24) is 10.9 Å². The lowest BCUT2D eigenvalue weighted by atomic mass is 10.0. The van der Waals surface area contributed by atoms with Gasteiger partial charge in [-0.3, -0.25) is 9.59 Å². The molecule has 0 saturated carbocycles. The van der Waals surface area contributed by atoms with Gasteiger partial charge < -0.3 is 51.1 Å². The van der Waals surface area contributed by atoms with E-state index in [1.54, 1.807) is 0 Å². The number of hydrazone groups is 2. The Bertz CT molecular complexity index is 619. The maximum Gasteiger partial charge on any atom is 0.240 e. The lowest BCUT2D eigenvalue weighted by Crippen LogP contribution is -2.46. The van der Waals surface area contributed by atoms with Crippen LogP contribution in [0.25, 0.3) is 0 Å². The maximum absolute atomic E-state index is 11.7. The third kappa shape index (κ3) is 13.8. The standard InChI is InChI=1S/C18H34N4O12S/c23-7-11(27)17(33)15(31)9(25)5-19-21-13(29)1-3-35-4-2-14(30)22-20-6-10(26)16(32)18(34)12(28)8-24/h5-6,9-12,15-18,23-28,31-34H,1-4,7-8H2,(H,21,29)(H,22,30)/b19-5-,20-6-/t9-,10-,11+,12+,15-,16-,17+,18+/m0/s1. The molecule has 17 heteroatoms. The number of carbonyl (C=O) groups is 2. The molecule has 35 heavy (non-hydrogen) atoms. The van der Waals surface area contributed by atoms with Gasteiger partial charge in [-0.25, -0.2) is 10.9 Å². The van der Waals surface area contributed by atoms with E-state index in [4.69, 9.17) is 10.2 Å². The number of rotatable bonds is 18. The Labute approximate surface area is 204 Å². The summed E-state index contributed by atoms with van der Waals surface area (Å²) in [5.41, 5.74) is 4.16. The van der Waals surface area contributed by atoms with Gasteiger partial charge in [0.15, 0.2) is 0 Å². The summed E-state index contributed by atoms with van der Waals surface area (Å²) in [6.45, 7) is -1.66. The SMILES string of the molecule is O=C(CCSCCC(=O)N/N=C\[C@H](O)[C@H](O)[C@H](O)[C@H](O)CO)N/N=C\[C@H](O)[C@H](O)[C@H](O)[C@H](O)CO. The molecule has 12 N–H and O–H groups in total. The fourth-order valence-electron chi connectivity index (χ4n) is 2.17. The van der Waals surface area contributed by atoms with Gasteiger partial charge in [0.1, 0.15) is 48.8 Å². The fourth-order valence-corrected chi connectivity index (χ4v) is 3.03. The summed E-state index contributed by atoms with van der Waals surface area (Å²) < 4.78 is 0. The minimum absolute atomic E-state index is 0.00161. The first kappa shape index (κ1) is 33.2. The normalized spacial score (nSPS) is 19.0. The van der Waals surface area contributed by atoms with E-state index in [1.807, 2.05) is 0 Å². The van der Waals surface area contributed by atoms with Gasteiger partial charge in [0.2, 0.25) is 11.8 Å². The molecule has 0 aromatic heterocycles. The van der Waals surface area contributed by atoms with Crippen LogP contribution in [-0.4, -0.2) is 149 Å². The summed E-state index contributed by atoms with van der Waals surface area (Å²) in [5.74, 6) is -0.469. The Morgan fingerprint density at radius 1 is 0.657 bits per heavy atom. The van der Waals surface area contributed by atoms with Crippen LogP contribution in [-0.2, 0) is 9.59 Å². The smallest absolute Gasteiger partial charge is 0.240 e. The minimum Gasteiger partial charge on any atom is -0.394 e. The van der Waals surface area contributed by atoms with Crippen LogP contribution in [0.5, 0.6) is 0 Å². The third-order valence-electron chi connectivity index (χ3n) is 4.34. The van der Waals surface area contributed by atoms with Crippen molar-refractivity contribution < 1.29 is 60.7 Å². The van der Waals surface area contributed by atoms with Crippen molar-refractivity contribution in [3.05, 3.63) is 0 Å². The van der Waals surface area contributed by atoms with Gasteiger partial charge in [-0.15, -0.1) is 0 Å². The lowest BCUT2D eigenvalue weighted by molar-refractivity contribution is -0.121. The molecule has 0 spiro atoms. The van der Waals surface area contributed by atoms with E-state index in [2.05, 4.69) is 21.1 Å². The first-order valence-corrected chi connectivity index (χ1v) is 11.5. The molecule has 0 rings (SSSR count). The van der Waals surface area contributed by atoms with Crippen molar-refractivity contribution in [3.8, 4) is 0 Å². The van der Waals surface area contributed by atoms with Crippen LogP contribution in [0.15, 0.2) is 10.2 Å². The zero-order chi connectivity index (χ0) is 27.0. The Balaban J connectivity index is 4.08. The predicted molar refractivity (Wildman–Crippen MR) is 122 cm³/mol. The van der Waals surface area contributed by atoms with E-state index < -0.39 is 73.9 Å². The average molecular weight is 531 g/mol. The Hall–Kier alpha value is -1.77. The fraction of sp³-hybridized carbons (Fsp3) is 0.778. The number of nitrogens with zero attached hydrogens (tertiary/aromatic N) is 2. The highest BCUT2D eigenvalue weighted by Crippen LogP contribution is 2.06. The van der Waals surface area contributed by atoms with E-state index in [0.717, 1.165) is 12.4 Å². The highest BCUT2D eigenvalue weighted by molar-refractivity contribution is 7.99. The topological polar surface area (TPSA) is 285 Å². The van der Waals surface area contributed by atoms with Crippen LogP contribution in [0.3, 0.4) is 0 Å². The zero-order valence-corrected chi connectivity index (χ0v) is 19.4. The molecule has 0 aliphatic heterocycles. The minimum atomic E-state index is -1.84. The average Bonchev–Trinajstić information content (AvgIpc) is 2.85. The second-order valence-electron chi connectivity index (χ2n) is 7.18. The highest BCUT2D eigenvalue weighted by atomic mass is 32.2. The molecule has 0 saturated heterocycles. The first-order chi connectivity index (χ1) is 16.5. The second kappa shape index (κ2) is 18.5. The molecular formula is C18H34N4O12S. The van der Waals surface area contributed by atoms with Gasteiger partial charge in [-0.2, -0.15) is 22.0 Å². The summed E-state index contributed by atoms with van der Waals surface area (Å²) in [7, 11) is 0. The van der Waals surface area contributed by atoms with Gasteiger partial charge in [-0.05, 0) is 0 Å². The summed E-state index contributed by atoms with van der Waals surface area (Å²) in [6.07, 6.45) is -12.6. The van der Waals surface area contributed by atoms with Gasteiger partial charge in [0.05, 0.1) is 25.6 Å². The van der Waals surface area contributed by atoms with E-state index in [1.165, 1.54) is 11.8 Å². The number of hydrogen-bond acceptors (Lipinski definition) is 15. The van der Waals surface area contributed by atoms with Crippen molar-refractivity contribution >= 4 is 36.0 Å². The van der Waals surface area contributed by atoms with Crippen molar-refractivity contribution in [1.29, 1.82) is 0 Å². The Kier molecular flexibility index (Phi) is 17.6. The predicted octanol–water partition coefficient (Wildman–Crippen LogP) is -6.42. The van der Waals surface area contributed by atoms with Crippen LogP contribution in [0.1, 0.15) is 12.8 Å². The number of aliphatic hydroxyl groups is 10. The van der Waals surface area contributed by atoms with E-state index in [-0.39, 0.29) is 12.8 Å². The third-order valence-corrected chi connectivity index (χ3v) is 5.33.